The van der Waals surface area contributed by atoms with Crippen LogP contribution < -0.4 is 0 Å². The standard InChI is InChI=1S/C8H8F4O3/c1-4(2)6(13)14-3-5-7(9,10)15-8(5,11)12/h5H,1,3H2,2H3. The van der Waals surface area contributed by atoms with Gasteiger partial charge < -0.3 is 4.74 Å². The van der Waals surface area contributed by atoms with Crippen molar-refractivity contribution in [2.75, 3.05) is 6.61 Å². The number of ether oxygens (including phenoxy) is 2. The molecule has 0 aromatic carbocycles. The minimum absolute atomic E-state index is 0.0538. The molecule has 0 aromatic heterocycles. The third-order valence-electron chi connectivity index (χ3n) is 1.81. The summed E-state index contributed by atoms with van der Waals surface area (Å²) in [5.74, 6) is -3.43. The van der Waals surface area contributed by atoms with Gasteiger partial charge in [-0.25, -0.2) is 4.79 Å². The van der Waals surface area contributed by atoms with Crippen LogP contribution >= 0.6 is 0 Å². The summed E-state index contributed by atoms with van der Waals surface area (Å²) in [4.78, 5) is 10.8. The number of hydrogen-bond acceptors (Lipinski definition) is 3. The van der Waals surface area contributed by atoms with Crippen molar-refractivity contribution in [2.24, 2.45) is 5.92 Å². The fraction of sp³-hybridized carbons (Fsp3) is 0.625. The van der Waals surface area contributed by atoms with Crippen molar-refractivity contribution < 1.29 is 31.8 Å². The number of esters is 1. The molecular weight excluding hydrogens is 220 g/mol. The minimum atomic E-state index is -3.96. The largest absolute Gasteiger partial charge is 0.461 e. The molecule has 0 bridgehead atoms. The van der Waals surface area contributed by atoms with Gasteiger partial charge in [-0.1, -0.05) is 6.58 Å². The Morgan fingerprint density at radius 1 is 1.40 bits per heavy atom. The Kier molecular flexibility index (Phi) is 2.77. The highest BCUT2D eigenvalue weighted by molar-refractivity contribution is 5.86. The molecule has 1 saturated heterocycles. The highest BCUT2D eigenvalue weighted by atomic mass is 19.3. The van der Waals surface area contributed by atoms with Crippen molar-refractivity contribution in [3.05, 3.63) is 12.2 Å². The number of alkyl halides is 4. The lowest BCUT2D eigenvalue weighted by Gasteiger charge is -2.42. The van der Waals surface area contributed by atoms with Crippen LogP contribution in [0, 0.1) is 5.92 Å². The summed E-state index contributed by atoms with van der Waals surface area (Å²) in [6.07, 6.45) is -7.92. The Balaban J connectivity index is 2.51. The van der Waals surface area contributed by atoms with E-state index in [2.05, 4.69) is 16.1 Å². The van der Waals surface area contributed by atoms with E-state index in [1.165, 1.54) is 6.92 Å². The zero-order chi connectivity index (χ0) is 11.9. The van der Waals surface area contributed by atoms with Crippen molar-refractivity contribution in [1.82, 2.24) is 0 Å². The fourth-order valence-electron chi connectivity index (χ4n) is 0.937. The van der Waals surface area contributed by atoms with E-state index in [-0.39, 0.29) is 5.57 Å². The molecule has 1 aliphatic rings. The molecule has 0 aromatic rings. The van der Waals surface area contributed by atoms with Gasteiger partial charge in [0.2, 0.25) is 0 Å². The van der Waals surface area contributed by atoms with E-state index in [1.807, 2.05) is 0 Å². The van der Waals surface area contributed by atoms with Crippen LogP contribution in [0.3, 0.4) is 0 Å². The SMILES string of the molecule is C=C(C)C(=O)OCC1C(F)(F)OC1(F)F. The second-order valence-electron chi connectivity index (χ2n) is 3.16. The van der Waals surface area contributed by atoms with Gasteiger partial charge in [0.1, 0.15) is 6.61 Å². The van der Waals surface area contributed by atoms with E-state index in [1.54, 1.807) is 0 Å². The minimum Gasteiger partial charge on any atom is -0.461 e. The molecule has 0 N–H and O–H groups in total. The molecule has 1 heterocycles. The third kappa shape index (κ3) is 2.28. The first-order chi connectivity index (χ1) is 6.67. The second-order valence-corrected chi connectivity index (χ2v) is 3.16. The lowest BCUT2D eigenvalue weighted by Crippen LogP contribution is -2.61. The number of hydrogen-bond donors (Lipinski definition) is 0. The molecular formula is C8H8F4O3. The molecule has 0 aliphatic carbocycles. The van der Waals surface area contributed by atoms with Gasteiger partial charge >= 0.3 is 18.2 Å². The summed E-state index contributed by atoms with van der Waals surface area (Å²) in [7, 11) is 0. The van der Waals surface area contributed by atoms with Crippen LogP contribution in [0.2, 0.25) is 0 Å². The third-order valence-corrected chi connectivity index (χ3v) is 1.81. The Labute approximate surface area is 82.6 Å². The topological polar surface area (TPSA) is 35.5 Å². The molecule has 86 valence electrons. The highest BCUT2D eigenvalue weighted by Crippen LogP contribution is 2.51. The molecule has 0 atom stereocenters. The Morgan fingerprint density at radius 2 is 1.87 bits per heavy atom. The molecule has 0 unspecified atom stereocenters. The van der Waals surface area contributed by atoms with Gasteiger partial charge in [-0.2, -0.15) is 17.6 Å². The molecule has 1 aliphatic heterocycles. The number of carbonyl (C=O) groups excluding carboxylic acids is 1. The van der Waals surface area contributed by atoms with E-state index in [0.29, 0.717) is 0 Å². The average Bonchev–Trinajstić information content (AvgIpc) is 2.00. The maximum atomic E-state index is 12.4. The number of halogens is 4. The lowest BCUT2D eigenvalue weighted by atomic mass is 10.0. The monoisotopic (exact) mass is 228 g/mol. The number of carbonyl (C=O) groups is 1. The van der Waals surface area contributed by atoms with Gasteiger partial charge in [-0.05, 0) is 6.92 Å². The van der Waals surface area contributed by atoms with Crippen LogP contribution in [0.1, 0.15) is 6.92 Å². The molecule has 7 heteroatoms. The summed E-state index contributed by atoms with van der Waals surface area (Å²) >= 11 is 0. The van der Waals surface area contributed by atoms with E-state index in [9.17, 15) is 22.4 Å². The van der Waals surface area contributed by atoms with Crippen molar-refractivity contribution in [1.29, 1.82) is 0 Å². The zero-order valence-corrected chi connectivity index (χ0v) is 7.73. The lowest BCUT2D eigenvalue weighted by molar-refractivity contribution is -0.519. The summed E-state index contributed by atoms with van der Waals surface area (Å²) in [6, 6.07) is 0. The van der Waals surface area contributed by atoms with Gasteiger partial charge in [0.05, 0.1) is 0 Å². The van der Waals surface area contributed by atoms with Crippen LogP contribution in [-0.4, -0.2) is 24.8 Å². The average molecular weight is 228 g/mol. The summed E-state index contributed by atoms with van der Waals surface area (Å²) < 4.78 is 57.0. The van der Waals surface area contributed by atoms with Crippen molar-refractivity contribution in [3.8, 4) is 0 Å². The summed E-state index contributed by atoms with van der Waals surface area (Å²) in [5.41, 5.74) is -0.0538. The first-order valence-corrected chi connectivity index (χ1v) is 3.95. The summed E-state index contributed by atoms with van der Waals surface area (Å²) in [6.45, 7) is 3.34. The van der Waals surface area contributed by atoms with Gasteiger partial charge in [0.15, 0.2) is 5.92 Å². The highest BCUT2D eigenvalue weighted by Gasteiger charge is 2.71. The smallest absolute Gasteiger partial charge is 0.374 e. The summed E-state index contributed by atoms with van der Waals surface area (Å²) in [5, 5.41) is 0. The molecule has 3 nitrogen and oxygen atoms in total. The van der Waals surface area contributed by atoms with E-state index in [4.69, 9.17) is 0 Å². The molecule has 0 amide bonds. The van der Waals surface area contributed by atoms with Gasteiger partial charge in [-0.3, -0.25) is 4.74 Å². The Hall–Kier alpha value is -1.11. The quantitative estimate of drug-likeness (QED) is 0.420. The van der Waals surface area contributed by atoms with Crippen LogP contribution in [0.15, 0.2) is 12.2 Å². The van der Waals surface area contributed by atoms with E-state index in [0.717, 1.165) is 0 Å². The van der Waals surface area contributed by atoms with Gasteiger partial charge in [-0.15, -0.1) is 0 Å². The van der Waals surface area contributed by atoms with E-state index >= 15 is 0 Å². The Morgan fingerprint density at radius 3 is 2.20 bits per heavy atom. The van der Waals surface area contributed by atoms with Crippen LogP contribution in [0.5, 0.6) is 0 Å². The second kappa shape index (κ2) is 3.48. The fourth-order valence-corrected chi connectivity index (χ4v) is 0.937. The van der Waals surface area contributed by atoms with Crippen LogP contribution in [-0.2, 0) is 14.3 Å². The van der Waals surface area contributed by atoms with Gasteiger partial charge in [0, 0.05) is 5.57 Å². The normalized spacial score (nSPS) is 23.0. The molecule has 1 fully saturated rings. The first-order valence-electron chi connectivity index (χ1n) is 3.95. The molecule has 15 heavy (non-hydrogen) atoms. The van der Waals surface area contributed by atoms with Crippen molar-refractivity contribution in [2.45, 2.75) is 19.1 Å². The van der Waals surface area contributed by atoms with Crippen LogP contribution in [0.4, 0.5) is 17.6 Å². The number of rotatable bonds is 3. The predicted molar refractivity (Wildman–Crippen MR) is 40.2 cm³/mol. The van der Waals surface area contributed by atoms with Crippen molar-refractivity contribution >= 4 is 5.97 Å². The zero-order valence-electron chi connectivity index (χ0n) is 7.73. The molecule has 0 spiro atoms. The first kappa shape index (κ1) is 12.0. The maximum Gasteiger partial charge on any atom is 0.374 e. The van der Waals surface area contributed by atoms with E-state index < -0.39 is 30.7 Å². The van der Waals surface area contributed by atoms with Crippen LogP contribution in [0.25, 0.3) is 0 Å². The molecule has 0 radical (unpaired) electrons. The Bertz CT molecular complexity index is 286. The van der Waals surface area contributed by atoms with Crippen molar-refractivity contribution in [3.63, 3.8) is 0 Å². The molecule has 0 saturated carbocycles. The predicted octanol–water partition coefficient (Wildman–Crippen LogP) is 1.94. The molecule has 1 rings (SSSR count). The maximum absolute atomic E-state index is 12.4. The van der Waals surface area contributed by atoms with Gasteiger partial charge in [0.25, 0.3) is 0 Å².